The molecule has 2 aromatic rings. The van der Waals surface area contributed by atoms with Gasteiger partial charge in [0.15, 0.2) is 13.7 Å². The van der Waals surface area contributed by atoms with E-state index in [2.05, 4.69) is 20.8 Å². The lowest BCUT2D eigenvalue weighted by Crippen LogP contribution is -2.70. The van der Waals surface area contributed by atoms with Crippen molar-refractivity contribution in [2.45, 2.75) is 82.9 Å². The fraction of sp³-hybridized carbons (Fsp3) is 0.469. The number of carbonyl (C=O) groups is 3. The van der Waals surface area contributed by atoms with Crippen molar-refractivity contribution in [3.05, 3.63) is 77.9 Å². The highest BCUT2D eigenvalue weighted by atomic mass is 32.2. The van der Waals surface area contributed by atoms with Gasteiger partial charge in [-0.3, -0.25) is 14.4 Å². The third-order valence-electron chi connectivity index (χ3n) is 8.81. The maximum absolute atomic E-state index is 14.7. The maximum Gasteiger partial charge on any atom is 0.326 e. The molecule has 11 heteroatoms. The summed E-state index contributed by atoms with van der Waals surface area (Å²) in [6, 6.07) is 15.1. The Bertz CT molecular complexity index is 1500. The van der Waals surface area contributed by atoms with Crippen LogP contribution in [-0.2, 0) is 44.9 Å². The van der Waals surface area contributed by atoms with Gasteiger partial charge < -0.3 is 13.9 Å². The van der Waals surface area contributed by atoms with Gasteiger partial charge in [-0.1, -0.05) is 74.9 Å². The number of esters is 2. The van der Waals surface area contributed by atoms with Crippen LogP contribution in [0.2, 0.25) is 18.1 Å². The molecule has 9 nitrogen and oxygen atoms in total. The quantitative estimate of drug-likeness (QED) is 0.171. The molecule has 0 spiro atoms. The Morgan fingerprint density at radius 2 is 1.67 bits per heavy atom. The zero-order valence-electron chi connectivity index (χ0n) is 25.8. The van der Waals surface area contributed by atoms with E-state index in [0.717, 1.165) is 9.87 Å². The van der Waals surface area contributed by atoms with Crippen LogP contribution < -0.4 is 0 Å². The summed E-state index contributed by atoms with van der Waals surface area (Å²) in [5.41, 5.74) is -0.671. The van der Waals surface area contributed by atoms with E-state index in [1.807, 2.05) is 26.1 Å². The number of sulfonamides is 1. The van der Waals surface area contributed by atoms with Gasteiger partial charge in [-0.2, -0.15) is 0 Å². The van der Waals surface area contributed by atoms with E-state index >= 15 is 0 Å². The van der Waals surface area contributed by atoms with E-state index < -0.39 is 59.7 Å². The van der Waals surface area contributed by atoms with Gasteiger partial charge in [-0.15, -0.1) is 0 Å². The minimum Gasteiger partial charge on any atom is -0.460 e. The molecule has 4 atom stereocenters. The van der Waals surface area contributed by atoms with E-state index in [-0.39, 0.29) is 29.5 Å². The zero-order chi connectivity index (χ0) is 31.8. The van der Waals surface area contributed by atoms with Gasteiger partial charge in [0.2, 0.25) is 0 Å². The first kappa shape index (κ1) is 32.6. The van der Waals surface area contributed by atoms with Gasteiger partial charge in [-0.05, 0) is 55.2 Å². The minimum absolute atomic E-state index is 0.0980. The summed E-state index contributed by atoms with van der Waals surface area (Å²) < 4.78 is 47.3. The van der Waals surface area contributed by atoms with Crippen LogP contribution in [-0.4, -0.2) is 57.6 Å². The number of rotatable bonds is 8. The molecule has 0 radical (unpaired) electrons. The third kappa shape index (κ3) is 6.20. The fourth-order valence-corrected chi connectivity index (χ4v) is 8.23. The highest BCUT2D eigenvalue weighted by Gasteiger charge is 2.68. The number of piperidine rings is 1. The predicted octanol–water partition coefficient (Wildman–Crippen LogP) is 5.15. The first-order valence-corrected chi connectivity index (χ1v) is 18.7. The van der Waals surface area contributed by atoms with E-state index in [1.165, 1.54) is 25.1 Å². The van der Waals surface area contributed by atoms with E-state index in [1.54, 1.807) is 42.5 Å². The average molecular weight is 628 g/mol. The maximum atomic E-state index is 14.7. The SMILES string of the molecule is CC(=O)OC1C=CC[C@@H]2[C@H](O[Si](C)(C)C(C)(C)C)CN(S(=O)(=O)c3ccc(C)cc3)C(=O)[C@]12C(=O)OCc1ccccc1. The molecule has 0 aromatic heterocycles. The van der Waals surface area contributed by atoms with Crippen molar-refractivity contribution in [3.63, 3.8) is 0 Å². The van der Waals surface area contributed by atoms with Crippen LogP contribution in [0, 0.1) is 18.3 Å². The molecule has 1 aliphatic carbocycles. The summed E-state index contributed by atoms with van der Waals surface area (Å²) >= 11 is 0. The molecule has 232 valence electrons. The molecule has 4 rings (SSSR count). The number of carbonyl (C=O) groups excluding carboxylic acids is 3. The van der Waals surface area contributed by atoms with Gasteiger partial charge >= 0.3 is 11.9 Å². The first-order chi connectivity index (χ1) is 20.0. The molecule has 1 saturated heterocycles. The van der Waals surface area contributed by atoms with E-state index in [0.29, 0.717) is 5.56 Å². The van der Waals surface area contributed by atoms with Crippen molar-refractivity contribution in [2.75, 3.05) is 6.54 Å². The number of amides is 1. The van der Waals surface area contributed by atoms with Crippen LogP contribution >= 0.6 is 0 Å². The minimum atomic E-state index is -4.45. The summed E-state index contributed by atoms with van der Waals surface area (Å²) in [5, 5.41) is -0.259. The Labute approximate surface area is 255 Å². The lowest BCUT2D eigenvalue weighted by molar-refractivity contribution is -0.193. The second-order valence-corrected chi connectivity index (χ2v) is 19.4. The molecule has 1 unspecified atom stereocenters. The Kier molecular flexibility index (Phi) is 9.11. The standard InChI is InChI=1S/C32H41NO8SSi/c1-22-16-18-25(19-17-22)42(37,38)33-20-27(41-43(6,7)31(3,4)5)26-14-11-15-28(40-23(2)34)32(26,29(33)35)30(36)39-21-24-12-9-8-10-13-24/h8-13,15-19,26-28H,14,20-21H2,1-7H3/t26-,27-,28?,32-/m1/s1. The molecule has 2 aromatic carbocycles. The lowest BCUT2D eigenvalue weighted by atomic mass is 9.62. The number of fused-ring (bicyclic) bond motifs is 1. The fourth-order valence-electron chi connectivity index (χ4n) is 5.43. The van der Waals surface area contributed by atoms with Gasteiger partial charge in [-0.25, -0.2) is 12.7 Å². The second kappa shape index (κ2) is 12.0. The van der Waals surface area contributed by atoms with Gasteiger partial charge in [0.25, 0.3) is 15.9 Å². The molecular formula is C32H41NO8SSi. The van der Waals surface area contributed by atoms with Crippen LogP contribution in [0.4, 0.5) is 0 Å². The second-order valence-electron chi connectivity index (χ2n) is 12.8. The van der Waals surface area contributed by atoms with Crippen LogP contribution in [0.3, 0.4) is 0 Å². The lowest BCUT2D eigenvalue weighted by Gasteiger charge is -2.53. The first-order valence-electron chi connectivity index (χ1n) is 14.4. The molecule has 2 aliphatic rings. The van der Waals surface area contributed by atoms with Crippen molar-refractivity contribution in [1.29, 1.82) is 0 Å². The molecule has 1 aliphatic heterocycles. The van der Waals surface area contributed by atoms with Crippen molar-refractivity contribution < 1.29 is 36.7 Å². The Balaban J connectivity index is 1.91. The van der Waals surface area contributed by atoms with Gasteiger partial charge in [0, 0.05) is 12.8 Å². The Hall–Kier alpha value is -3.28. The third-order valence-corrected chi connectivity index (χ3v) is 15.1. The summed E-state index contributed by atoms with van der Waals surface area (Å²) in [7, 11) is -7.02. The van der Waals surface area contributed by atoms with Crippen molar-refractivity contribution in [3.8, 4) is 0 Å². The topological polar surface area (TPSA) is 116 Å². The van der Waals surface area contributed by atoms with Crippen LogP contribution in [0.25, 0.3) is 0 Å². The van der Waals surface area contributed by atoms with Crippen LogP contribution in [0.1, 0.15) is 45.2 Å². The summed E-state index contributed by atoms with van der Waals surface area (Å²) in [5.74, 6) is -3.54. The molecule has 1 amide bonds. The molecule has 0 N–H and O–H groups in total. The van der Waals surface area contributed by atoms with Gasteiger partial charge in [0.1, 0.15) is 12.7 Å². The number of benzene rings is 2. The largest absolute Gasteiger partial charge is 0.460 e. The normalized spacial score (nSPS) is 24.3. The zero-order valence-corrected chi connectivity index (χ0v) is 27.6. The molecular weight excluding hydrogens is 587 g/mol. The number of ether oxygens (including phenoxy) is 2. The molecule has 0 saturated carbocycles. The number of aryl methyl sites for hydroxylation is 1. The number of nitrogens with zero attached hydrogens (tertiary/aromatic N) is 1. The summed E-state index contributed by atoms with van der Waals surface area (Å²) in [4.78, 5) is 41.3. The highest BCUT2D eigenvalue weighted by molar-refractivity contribution is 7.89. The summed E-state index contributed by atoms with van der Waals surface area (Å²) in [6.45, 7) is 12.8. The summed E-state index contributed by atoms with van der Waals surface area (Å²) in [6.07, 6.45) is 1.18. The molecule has 1 heterocycles. The predicted molar refractivity (Wildman–Crippen MR) is 164 cm³/mol. The van der Waals surface area contributed by atoms with E-state index in [9.17, 15) is 22.8 Å². The van der Waals surface area contributed by atoms with Gasteiger partial charge in [0.05, 0.1) is 17.5 Å². The smallest absolute Gasteiger partial charge is 0.326 e. The average Bonchev–Trinajstić information content (AvgIpc) is 2.93. The Morgan fingerprint density at radius 3 is 2.26 bits per heavy atom. The van der Waals surface area contributed by atoms with Crippen molar-refractivity contribution in [2.24, 2.45) is 11.3 Å². The monoisotopic (exact) mass is 627 g/mol. The number of hydrogen-bond acceptors (Lipinski definition) is 8. The van der Waals surface area contributed by atoms with E-state index in [4.69, 9.17) is 13.9 Å². The number of allylic oxidation sites excluding steroid dienone is 1. The number of hydrogen-bond donors (Lipinski definition) is 0. The van der Waals surface area contributed by atoms with Crippen LogP contribution in [0.15, 0.2) is 71.6 Å². The van der Waals surface area contributed by atoms with Crippen molar-refractivity contribution in [1.82, 2.24) is 4.31 Å². The highest BCUT2D eigenvalue weighted by Crippen LogP contribution is 2.51. The Morgan fingerprint density at radius 1 is 1.05 bits per heavy atom. The van der Waals surface area contributed by atoms with Crippen LogP contribution in [0.5, 0.6) is 0 Å². The molecule has 43 heavy (non-hydrogen) atoms. The molecule has 1 fully saturated rings. The van der Waals surface area contributed by atoms with Crippen molar-refractivity contribution >= 4 is 36.2 Å². The molecule has 0 bridgehead atoms.